The molecule has 0 bridgehead atoms. The van der Waals surface area contributed by atoms with Crippen LogP contribution in [0.1, 0.15) is 22.5 Å². The molecular weight excluding hydrogens is 378 g/mol. The highest BCUT2D eigenvalue weighted by atomic mass is 16.5. The van der Waals surface area contributed by atoms with E-state index in [9.17, 15) is 4.79 Å². The second kappa shape index (κ2) is 7.94. The number of anilines is 1. The highest BCUT2D eigenvalue weighted by Gasteiger charge is 2.17. The van der Waals surface area contributed by atoms with Gasteiger partial charge in [-0.15, -0.1) is 5.10 Å². The lowest BCUT2D eigenvalue weighted by molar-refractivity contribution is -0.115. The molecule has 0 spiro atoms. The number of carbonyl (C=O) groups excluding carboxylic acids is 1. The van der Waals surface area contributed by atoms with Crippen LogP contribution in [-0.4, -0.2) is 32.6 Å². The van der Waals surface area contributed by atoms with Gasteiger partial charge in [0, 0.05) is 28.2 Å². The predicted octanol–water partition coefficient (Wildman–Crippen LogP) is 3.91. The summed E-state index contributed by atoms with van der Waals surface area (Å²) in [7, 11) is 1.63. The van der Waals surface area contributed by atoms with Crippen molar-refractivity contribution in [3.05, 3.63) is 71.0 Å². The molecule has 0 saturated carbocycles. The maximum Gasteiger partial charge on any atom is 0.253 e. The predicted molar refractivity (Wildman–Crippen MR) is 116 cm³/mol. The Labute approximate surface area is 174 Å². The summed E-state index contributed by atoms with van der Waals surface area (Å²) in [6.07, 6.45) is 0.215. The summed E-state index contributed by atoms with van der Waals surface area (Å²) in [5.74, 6) is 1.77. The zero-order valence-corrected chi connectivity index (χ0v) is 17.4. The Kier molecular flexibility index (Phi) is 5.18. The minimum Gasteiger partial charge on any atom is -0.497 e. The number of nitrogens with zero attached hydrogens (tertiary/aromatic N) is 4. The number of benzene rings is 2. The van der Waals surface area contributed by atoms with Gasteiger partial charge in [-0.3, -0.25) is 4.79 Å². The standard InChI is InChI=1S/C23H23N5O2/c1-14-6-5-7-18(12-14)25-21(29)13-20-15(2)24-23-26-22(27-28(23)16(20)3)17-8-10-19(30-4)11-9-17/h5-12H,13H2,1-4H3,(H,25,29). The molecule has 1 amide bonds. The zero-order valence-electron chi connectivity index (χ0n) is 17.4. The Hall–Kier alpha value is -3.74. The van der Waals surface area contributed by atoms with Crippen LogP contribution in [0.25, 0.3) is 17.2 Å². The smallest absolute Gasteiger partial charge is 0.253 e. The van der Waals surface area contributed by atoms with Crippen LogP contribution in [0.3, 0.4) is 0 Å². The topological polar surface area (TPSA) is 81.4 Å². The van der Waals surface area contributed by atoms with Crippen LogP contribution < -0.4 is 10.1 Å². The van der Waals surface area contributed by atoms with E-state index in [1.807, 2.05) is 69.3 Å². The van der Waals surface area contributed by atoms with Gasteiger partial charge in [0.2, 0.25) is 5.91 Å². The Morgan fingerprint density at radius 1 is 1.07 bits per heavy atom. The normalized spacial score (nSPS) is 10.9. The van der Waals surface area contributed by atoms with E-state index in [2.05, 4.69) is 20.4 Å². The molecule has 1 N–H and O–H groups in total. The molecule has 30 heavy (non-hydrogen) atoms. The number of ether oxygens (including phenoxy) is 1. The monoisotopic (exact) mass is 401 g/mol. The molecule has 2 aromatic carbocycles. The average Bonchev–Trinajstić information content (AvgIpc) is 3.15. The fourth-order valence-electron chi connectivity index (χ4n) is 3.42. The van der Waals surface area contributed by atoms with Crippen LogP contribution >= 0.6 is 0 Å². The Bertz CT molecular complexity index is 1230. The number of aryl methyl sites for hydroxylation is 3. The number of fused-ring (bicyclic) bond motifs is 1. The Morgan fingerprint density at radius 3 is 2.53 bits per heavy atom. The molecule has 4 aromatic rings. The van der Waals surface area contributed by atoms with Gasteiger partial charge in [-0.25, -0.2) is 9.50 Å². The van der Waals surface area contributed by atoms with Crippen molar-refractivity contribution in [2.75, 3.05) is 12.4 Å². The quantitative estimate of drug-likeness (QED) is 0.548. The van der Waals surface area contributed by atoms with Gasteiger partial charge < -0.3 is 10.1 Å². The molecule has 0 unspecified atom stereocenters. The van der Waals surface area contributed by atoms with E-state index < -0.39 is 0 Å². The third kappa shape index (κ3) is 3.87. The molecule has 7 heteroatoms. The summed E-state index contributed by atoms with van der Waals surface area (Å²) in [4.78, 5) is 21.8. The van der Waals surface area contributed by atoms with Crippen LogP contribution in [0.2, 0.25) is 0 Å². The number of rotatable bonds is 5. The zero-order chi connectivity index (χ0) is 21.3. The van der Waals surface area contributed by atoms with Gasteiger partial charge in [0.05, 0.1) is 13.5 Å². The second-order valence-corrected chi connectivity index (χ2v) is 7.23. The number of amides is 1. The van der Waals surface area contributed by atoms with Crippen molar-refractivity contribution in [3.8, 4) is 17.1 Å². The number of hydrogen-bond donors (Lipinski definition) is 1. The molecule has 0 saturated heterocycles. The maximum atomic E-state index is 12.6. The molecule has 0 atom stereocenters. The van der Waals surface area contributed by atoms with Crippen molar-refractivity contribution in [1.82, 2.24) is 19.6 Å². The number of nitrogens with one attached hydrogen (secondary N) is 1. The van der Waals surface area contributed by atoms with Gasteiger partial charge in [0.15, 0.2) is 5.82 Å². The van der Waals surface area contributed by atoms with Crippen LogP contribution in [0.4, 0.5) is 5.69 Å². The highest BCUT2D eigenvalue weighted by Crippen LogP contribution is 2.22. The van der Waals surface area contributed by atoms with E-state index in [0.717, 1.165) is 39.5 Å². The molecule has 4 rings (SSSR count). The molecule has 2 heterocycles. The van der Waals surface area contributed by atoms with Crippen molar-refractivity contribution in [2.45, 2.75) is 27.2 Å². The molecule has 0 radical (unpaired) electrons. The summed E-state index contributed by atoms with van der Waals surface area (Å²) < 4.78 is 6.90. The lowest BCUT2D eigenvalue weighted by atomic mass is 10.1. The maximum absolute atomic E-state index is 12.6. The summed E-state index contributed by atoms with van der Waals surface area (Å²) in [6.45, 7) is 5.82. The number of hydrogen-bond acceptors (Lipinski definition) is 5. The van der Waals surface area contributed by atoms with E-state index in [1.165, 1.54) is 0 Å². The van der Waals surface area contributed by atoms with E-state index >= 15 is 0 Å². The van der Waals surface area contributed by atoms with Crippen LogP contribution in [0.15, 0.2) is 48.5 Å². The first kappa shape index (κ1) is 19.6. The van der Waals surface area contributed by atoms with Crippen LogP contribution in [0.5, 0.6) is 5.75 Å². The van der Waals surface area contributed by atoms with Crippen molar-refractivity contribution >= 4 is 17.4 Å². The van der Waals surface area contributed by atoms with Crippen molar-refractivity contribution < 1.29 is 9.53 Å². The van der Waals surface area contributed by atoms with E-state index in [-0.39, 0.29) is 12.3 Å². The number of carbonyl (C=O) groups is 1. The first-order valence-corrected chi connectivity index (χ1v) is 9.68. The van der Waals surface area contributed by atoms with E-state index in [1.54, 1.807) is 11.6 Å². The SMILES string of the molecule is COc1ccc(-c2nc3nc(C)c(CC(=O)Nc4cccc(C)c4)c(C)n3n2)cc1. The second-order valence-electron chi connectivity index (χ2n) is 7.23. The number of aromatic nitrogens is 4. The average molecular weight is 401 g/mol. The van der Waals surface area contributed by atoms with Crippen molar-refractivity contribution in [2.24, 2.45) is 0 Å². The lowest BCUT2D eigenvalue weighted by Gasteiger charge is -2.11. The molecule has 2 aromatic heterocycles. The summed E-state index contributed by atoms with van der Waals surface area (Å²) in [5, 5.41) is 7.56. The first-order chi connectivity index (χ1) is 14.4. The minimum atomic E-state index is -0.0940. The van der Waals surface area contributed by atoms with Crippen LogP contribution in [-0.2, 0) is 11.2 Å². The van der Waals surface area contributed by atoms with E-state index in [0.29, 0.717) is 11.6 Å². The fourth-order valence-corrected chi connectivity index (χ4v) is 3.42. The van der Waals surface area contributed by atoms with E-state index in [4.69, 9.17) is 4.74 Å². The largest absolute Gasteiger partial charge is 0.497 e. The summed E-state index contributed by atoms with van der Waals surface area (Å²) >= 11 is 0. The molecule has 0 aliphatic rings. The Morgan fingerprint density at radius 2 is 1.83 bits per heavy atom. The third-order valence-electron chi connectivity index (χ3n) is 5.04. The molecule has 0 fully saturated rings. The molecule has 152 valence electrons. The summed E-state index contributed by atoms with van der Waals surface area (Å²) in [6, 6.07) is 15.3. The highest BCUT2D eigenvalue weighted by molar-refractivity contribution is 5.92. The van der Waals surface area contributed by atoms with Crippen molar-refractivity contribution in [1.29, 1.82) is 0 Å². The molecule has 0 aliphatic heterocycles. The van der Waals surface area contributed by atoms with Gasteiger partial charge in [-0.05, 0) is 62.7 Å². The van der Waals surface area contributed by atoms with Gasteiger partial charge in [0.1, 0.15) is 5.75 Å². The van der Waals surface area contributed by atoms with Gasteiger partial charge in [-0.1, -0.05) is 12.1 Å². The molecule has 0 aliphatic carbocycles. The van der Waals surface area contributed by atoms with Gasteiger partial charge in [-0.2, -0.15) is 4.98 Å². The Balaban J connectivity index is 1.63. The lowest BCUT2D eigenvalue weighted by Crippen LogP contribution is -2.17. The third-order valence-corrected chi connectivity index (χ3v) is 5.04. The first-order valence-electron chi connectivity index (χ1n) is 9.68. The van der Waals surface area contributed by atoms with Crippen molar-refractivity contribution in [3.63, 3.8) is 0 Å². The van der Waals surface area contributed by atoms with Gasteiger partial charge >= 0.3 is 0 Å². The fraction of sp³-hybridized carbons (Fsp3) is 0.217. The molecule has 7 nitrogen and oxygen atoms in total. The molecular formula is C23H23N5O2. The summed E-state index contributed by atoms with van der Waals surface area (Å²) in [5.41, 5.74) is 5.22. The van der Waals surface area contributed by atoms with Crippen LogP contribution in [0, 0.1) is 20.8 Å². The number of methoxy groups -OCH3 is 1. The van der Waals surface area contributed by atoms with Gasteiger partial charge in [0.25, 0.3) is 5.78 Å². The minimum absolute atomic E-state index is 0.0940.